The van der Waals surface area contributed by atoms with Crippen LogP contribution in [0.15, 0.2) is 85.3 Å². The molecule has 0 fully saturated rings. The van der Waals surface area contributed by atoms with Crippen molar-refractivity contribution in [1.82, 2.24) is 15.2 Å². The summed E-state index contributed by atoms with van der Waals surface area (Å²) in [5.74, 6) is 0.502. The van der Waals surface area contributed by atoms with Crippen LogP contribution in [0, 0.1) is 0 Å². The third-order valence-corrected chi connectivity index (χ3v) is 4.40. The van der Waals surface area contributed by atoms with Gasteiger partial charge in [-0.1, -0.05) is 12.1 Å². The first kappa shape index (κ1) is 19.1. The van der Waals surface area contributed by atoms with Crippen molar-refractivity contribution in [3.05, 3.63) is 91.0 Å². The summed E-state index contributed by atoms with van der Waals surface area (Å²) in [5, 5.41) is 13.7. The van der Waals surface area contributed by atoms with Gasteiger partial charge in [0, 0.05) is 29.3 Å². The highest BCUT2D eigenvalue weighted by Crippen LogP contribution is 2.25. The first-order valence-electron chi connectivity index (χ1n) is 9.27. The Balaban J connectivity index is 1.46. The van der Waals surface area contributed by atoms with Crippen LogP contribution in [0.25, 0.3) is 11.1 Å². The molecule has 0 atom stereocenters. The lowest BCUT2D eigenvalue weighted by Gasteiger charge is -2.10. The maximum Gasteiger partial charge on any atom is 0.276 e. The SMILES string of the molecule is COc1ccc(Nc2cncc(-c3ccc(NC(=O)c4cccnn4)cc3)c2)cc1. The van der Waals surface area contributed by atoms with E-state index in [2.05, 4.69) is 25.8 Å². The fourth-order valence-electron chi connectivity index (χ4n) is 2.87. The van der Waals surface area contributed by atoms with Gasteiger partial charge in [0.2, 0.25) is 0 Å². The zero-order chi connectivity index (χ0) is 20.8. The van der Waals surface area contributed by atoms with Gasteiger partial charge in [-0.15, -0.1) is 5.10 Å². The molecule has 0 saturated carbocycles. The Bertz CT molecular complexity index is 1130. The summed E-state index contributed by atoms with van der Waals surface area (Å²) in [4.78, 5) is 16.5. The Morgan fingerprint density at radius 3 is 2.33 bits per heavy atom. The van der Waals surface area contributed by atoms with Gasteiger partial charge in [0.25, 0.3) is 5.91 Å². The first-order chi connectivity index (χ1) is 14.7. The van der Waals surface area contributed by atoms with Crippen molar-refractivity contribution >= 4 is 23.0 Å². The predicted molar refractivity (Wildman–Crippen MR) is 116 cm³/mol. The predicted octanol–water partition coefficient (Wildman–Crippen LogP) is 4.54. The lowest BCUT2D eigenvalue weighted by Crippen LogP contribution is -2.13. The first-order valence-corrected chi connectivity index (χ1v) is 9.27. The number of hydrogen-bond donors (Lipinski definition) is 2. The minimum atomic E-state index is -0.303. The molecule has 2 heterocycles. The molecule has 0 aliphatic heterocycles. The molecule has 2 aromatic carbocycles. The minimum absolute atomic E-state index is 0.267. The van der Waals surface area contributed by atoms with E-state index in [1.54, 1.807) is 31.6 Å². The maximum absolute atomic E-state index is 12.2. The topological polar surface area (TPSA) is 89.0 Å². The average molecular weight is 397 g/mol. The van der Waals surface area contributed by atoms with E-state index in [0.29, 0.717) is 5.69 Å². The number of benzene rings is 2. The second kappa shape index (κ2) is 8.83. The molecular formula is C23H19N5O2. The summed E-state index contributed by atoms with van der Waals surface area (Å²) < 4.78 is 5.18. The van der Waals surface area contributed by atoms with Crippen LogP contribution in [0.4, 0.5) is 17.1 Å². The molecule has 2 N–H and O–H groups in total. The zero-order valence-electron chi connectivity index (χ0n) is 16.2. The van der Waals surface area contributed by atoms with Gasteiger partial charge in [-0.3, -0.25) is 9.78 Å². The number of carbonyl (C=O) groups excluding carboxylic acids is 1. The highest BCUT2D eigenvalue weighted by molar-refractivity contribution is 6.02. The van der Waals surface area contributed by atoms with Gasteiger partial charge in [-0.25, -0.2) is 0 Å². The number of ether oxygens (including phenoxy) is 1. The molecular weight excluding hydrogens is 378 g/mol. The molecule has 0 saturated heterocycles. The summed E-state index contributed by atoms with van der Waals surface area (Å²) in [6.07, 6.45) is 5.09. The molecule has 2 aromatic heterocycles. The Morgan fingerprint density at radius 1 is 0.867 bits per heavy atom. The molecule has 0 aliphatic rings. The number of rotatable bonds is 6. The molecule has 7 nitrogen and oxygen atoms in total. The second-order valence-electron chi connectivity index (χ2n) is 6.46. The van der Waals surface area contributed by atoms with Crippen molar-refractivity contribution in [2.75, 3.05) is 17.7 Å². The number of amides is 1. The van der Waals surface area contributed by atoms with Crippen molar-refractivity contribution in [3.8, 4) is 16.9 Å². The van der Waals surface area contributed by atoms with Crippen LogP contribution < -0.4 is 15.4 Å². The largest absolute Gasteiger partial charge is 0.497 e. The number of methoxy groups -OCH3 is 1. The molecule has 0 bridgehead atoms. The number of aromatic nitrogens is 3. The number of nitrogens with one attached hydrogen (secondary N) is 2. The van der Waals surface area contributed by atoms with Crippen LogP contribution in [0.5, 0.6) is 5.75 Å². The van der Waals surface area contributed by atoms with E-state index < -0.39 is 0 Å². The van der Waals surface area contributed by atoms with Gasteiger partial charge in [0.15, 0.2) is 5.69 Å². The lowest BCUT2D eigenvalue weighted by atomic mass is 10.1. The van der Waals surface area contributed by atoms with Gasteiger partial charge in [0.1, 0.15) is 5.75 Å². The van der Waals surface area contributed by atoms with E-state index >= 15 is 0 Å². The van der Waals surface area contributed by atoms with Crippen LogP contribution in [0.1, 0.15) is 10.5 Å². The highest BCUT2D eigenvalue weighted by Gasteiger charge is 2.08. The monoisotopic (exact) mass is 397 g/mol. The third-order valence-electron chi connectivity index (χ3n) is 4.40. The number of hydrogen-bond acceptors (Lipinski definition) is 6. The maximum atomic E-state index is 12.2. The van der Waals surface area contributed by atoms with Gasteiger partial charge < -0.3 is 15.4 Å². The van der Waals surface area contributed by atoms with Crippen molar-refractivity contribution in [2.45, 2.75) is 0 Å². The Labute approximate surface area is 173 Å². The normalized spacial score (nSPS) is 10.3. The van der Waals surface area contributed by atoms with Crippen LogP contribution in [0.2, 0.25) is 0 Å². The van der Waals surface area contributed by atoms with Crippen molar-refractivity contribution in [3.63, 3.8) is 0 Å². The molecule has 4 rings (SSSR count). The smallest absolute Gasteiger partial charge is 0.276 e. The second-order valence-corrected chi connectivity index (χ2v) is 6.46. The lowest BCUT2D eigenvalue weighted by molar-refractivity contribution is 0.102. The van der Waals surface area contributed by atoms with E-state index in [1.165, 1.54) is 6.20 Å². The van der Waals surface area contributed by atoms with E-state index in [0.717, 1.165) is 28.3 Å². The summed E-state index contributed by atoms with van der Waals surface area (Å²) >= 11 is 0. The fraction of sp³-hybridized carbons (Fsp3) is 0.0435. The molecule has 0 radical (unpaired) electrons. The van der Waals surface area contributed by atoms with Crippen LogP contribution in [0.3, 0.4) is 0 Å². The van der Waals surface area contributed by atoms with E-state index in [4.69, 9.17) is 4.74 Å². The van der Waals surface area contributed by atoms with Crippen LogP contribution in [-0.4, -0.2) is 28.2 Å². The minimum Gasteiger partial charge on any atom is -0.497 e. The van der Waals surface area contributed by atoms with Crippen LogP contribution in [-0.2, 0) is 0 Å². The number of nitrogens with zero attached hydrogens (tertiary/aromatic N) is 3. The molecule has 148 valence electrons. The molecule has 0 aliphatic carbocycles. The van der Waals surface area contributed by atoms with Gasteiger partial charge in [-0.2, -0.15) is 5.10 Å². The molecule has 1 amide bonds. The van der Waals surface area contributed by atoms with Crippen molar-refractivity contribution in [1.29, 1.82) is 0 Å². The summed E-state index contributed by atoms with van der Waals surface area (Å²) in [5.41, 5.74) is 4.70. The van der Waals surface area contributed by atoms with E-state index in [1.807, 2.05) is 54.6 Å². The quantitative estimate of drug-likeness (QED) is 0.496. The number of carbonyl (C=O) groups is 1. The summed E-state index contributed by atoms with van der Waals surface area (Å²) in [6.45, 7) is 0. The van der Waals surface area contributed by atoms with Crippen molar-refractivity contribution in [2.24, 2.45) is 0 Å². The van der Waals surface area contributed by atoms with Gasteiger partial charge in [0.05, 0.1) is 19.0 Å². The standard InChI is InChI=1S/C23H19N5O2/c1-30-21-10-8-18(9-11-21)26-20-13-17(14-24-15-20)16-4-6-19(7-5-16)27-23(29)22-3-2-12-25-28-22/h2-15,26H,1H3,(H,27,29). The van der Waals surface area contributed by atoms with Crippen LogP contribution >= 0.6 is 0 Å². The molecule has 0 unspecified atom stereocenters. The Kier molecular flexibility index (Phi) is 5.61. The van der Waals surface area contributed by atoms with Gasteiger partial charge >= 0.3 is 0 Å². The summed E-state index contributed by atoms with van der Waals surface area (Å²) in [6, 6.07) is 20.5. The Hall–Kier alpha value is -4.26. The van der Waals surface area contributed by atoms with Gasteiger partial charge in [-0.05, 0) is 60.2 Å². The fourth-order valence-corrected chi connectivity index (χ4v) is 2.87. The molecule has 0 spiro atoms. The highest BCUT2D eigenvalue weighted by atomic mass is 16.5. The number of pyridine rings is 1. The molecule has 30 heavy (non-hydrogen) atoms. The zero-order valence-corrected chi connectivity index (χ0v) is 16.2. The molecule has 7 heteroatoms. The molecule has 4 aromatic rings. The Morgan fingerprint density at radius 2 is 1.63 bits per heavy atom. The van der Waals surface area contributed by atoms with Crippen molar-refractivity contribution < 1.29 is 9.53 Å². The third kappa shape index (κ3) is 4.59. The number of anilines is 3. The average Bonchev–Trinajstić information content (AvgIpc) is 2.81. The summed E-state index contributed by atoms with van der Waals surface area (Å²) in [7, 11) is 1.64. The van der Waals surface area contributed by atoms with E-state index in [9.17, 15) is 4.79 Å². The van der Waals surface area contributed by atoms with E-state index in [-0.39, 0.29) is 11.6 Å².